The summed E-state index contributed by atoms with van der Waals surface area (Å²) in [5.74, 6) is 0.266. The summed E-state index contributed by atoms with van der Waals surface area (Å²) in [6.07, 6.45) is 2.14. The molecule has 0 heterocycles. The van der Waals surface area contributed by atoms with E-state index in [4.69, 9.17) is 4.74 Å². The molecule has 1 N–H and O–H groups in total. The zero-order chi connectivity index (χ0) is 15.0. The van der Waals surface area contributed by atoms with E-state index in [9.17, 15) is 4.39 Å². The van der Waals surface area contributed by atoms with Gasteiger partial charge in [0.15, 0.2) is 0 Å². The van der Waals surface area contributed by atoms with E-state index in [-0.39, 0.29) is 18.0 Å². The minimum atomic E-state index is -0.183. The molecule has 0 aliphatic heterocycles. The van der Waals surface area contributed by atoms with E-state index in [0.29, 0.717) is 5.92 Å². The Morgan fingerprint density at radius 3 is 2.30 bits per heavy atom. The molecule has 114 valence electrons. The van der Waals surface area contributed by atoms with Crippen molar-refractivity contribution >= 4 is 0 Å². The normalized spacial score (nSPS) is 14.5. The number of nitrogens with one attached hydrogen (secondary N) is 1. The van der Waals surface area contributed by atoms with E-state index >= 15 is 0 Å². The first-order valence-corrected chi connectivity index (χ1v) is 7.67. The van der Waals surface area contributed by atoms with Crippen LogP contribution in [0.15, 0.2) is 24.3 Å². The summed E-state index contributed by atoms with van der Waals surface area (Å²) >= 11 is 0. The molecular formula is C17H28FNO. The Bertz CT molecular complexity index is 364. The largest absolute Gasteiger partial charge is 0.377 e. The van der Waals surface area contributed by atoms with Gasteiger partial charge in [0.1, 0.15) is 5.82 Å². The summed E-state index contributed by atoms with van der Waals surface area (Å²) in [6.45, 7) is 10.3. The standard InChI is InChI=1S/C17H28FNO/c1-5-11-19-16(17(13(3)4)20-6-2)12-14-7-9-15(18)10-8-14/h7-10,13,16-17,19H,5-6,11-12H2,1-4H3. The lowest BCUT2D eigenvalue weighted by Crippen LogP contribution is -2.46. The fourth-order valence-electron chi connectivity index (χ4n) is 2.47. The maximum atomic E-state index is 13.0. The maximum Gasteiger partial charge on any atom is 0.123 e. The van der Waals surface area contributed by atoms with E-state index in [0.717, 1.165) is 31.6 Å². The molecule has 0 aliphatic carbocycles. The molecule has 0 amide bonds. The van der Waals surface area contributed by atoms with Crippen LogP contribution in [0.4, 0.5) is 4.39 Å². The maximum absolute atomic E-state index is 13.0. The van der Waals surface area contributed by atoms with Crippen LogP contribution >= 0.6 is 0 Å². The average Bonchev–Trinajstić information content (AvgIpc) is 2.43. The zero-order valence-electron chi connectivity index (χ0n) is 13.2. The highest BCUT2D eigenvalue weighted by atomic mass is 19.1. The minimum Gasteiger partial charge on any atom is -0.377 e. The van der Waals surface area contributed by atoms with Crippen molar-refractivity contribution in [3.05, 3.63) is 35.6 Å². The van der Waals surface area contributed by atoms with Gasteiger partial charge in [-0.15, -0.1) is 0 Å². The van der Waals surface area contributed by atoms with Crippen molar-refractivity contribution in [2.75, 3.05) is 13.2 Å². The average molecular weight is 281 g/mol. The molecule has 0 spiro atoms. The van der Waals surface area contributed by atoms with E-state index in [2.05, 4.69) is 26.1 Å². The summed E-state index contributed by atoms with van der Waals surface area (Å²) in [5, 5.41) is 3.58. The summed E-state index contributed by atoms with van der Waals surface area (Å²) in [7, 11) is 0. The Balaban J connectivity index is 2.78. The van der Waals surface area contributed by atoms with Gasteiger partial charge >= 0.3 is 0 Å². The van der Waals surface area contributed by atoms with Gasteiger partial charge in [0.2, 0.25) is 0 Å². The van der Waals surface area contributed by atoms with Crippen molar-refractivity contribution < 1.29 is 9.13 Å². The third-order valence-corrected chi connectivity index (χ3v) is 3.44. The molecule has 0 aromatic heterocycles. The molecule has 2 atom stereocenters. The molecule has 3 heteroatoms. The van der Waals surface area contributed by atoms with Crippen molar-refractivity contribution in [1.29, 1.82) is 0 Å². The first-order valence-electron chi connectivity index (χ1n) is 7.67. The highest BCUT2D eigenvalue weighted by Gasteiger charge is 2.24. The summed E-state index contributed by atoms with van der Waals surface area (Å²) < 4.78 is 18.9. The fraction of sp³-hybridized carbons (Fsp3) is 0.647. The summed E-state index contributed by atoms with van der Waals surface area (Å²) in [4.78, 5) is 0. The topological polar surface area (TPSA) is 21.3 Å². The van der Waals surface area contributed by atoms with Gasteiger partial charge in [0.25, 0.3) is 0 Å². The zero-order valence-corrected chi connectivity index (χ0v) is 13.2. The van der Waals surface area contributed by atoms with Gasteiger partial charge in [0, 0.05) is 12.6 Å². The Morgan fingerprint density at radius 1 is 1.15 bits per heavy atom. The Labute approximate surface area is 122 Å². The lowest BCUT2D eigenvalue weighted by Gasteiger charge is -2.31. The molecule has 0 saturated heterocycles. The van der Waals surface area contributed by atoms with Crippen LogP contribution in [0.5, 0.6) is 0 Å². The molecule has 0 radical (unpaired) electrons. The lowest BCUT2D eigenvalue weighted by atomic mass is 9.93. The molecule has 2 unspecified atom stereocenters. The van der Waals surface area contributed by atoms with Gasteiger partial charge in [0.05, 0.1) is 6.10 Å². The van der Waals surface area contributed by atoms with Gasteiger partial charge in [-0.3, -0.25) is 0 Å². The van der Waals surface area contributed by atoms with Crippen molar-refractivity contribution in [3.8, 4) is 0 Å². The molecule has 0 saturated carbocycles. The molecule has 0 bridgehead atoms. The highest BCUT2D eigenvalue weighted by molar-refractivity contribution is 5.17. The van der Waals surface area contributed by atoms with Gasteiger partial charge in [-0.2, -0.15) is 0 Å². The third-order valence-electron chi connectivity index (χ3n) is 3.44. The van der Waals surface area contributed by atoms with Crippen LogP contribution in [0.25, 0.3) is 0 Å². The Hall–Kier alpha value is -0.930. The molecule has 0 aliphatic rings. The Kier molecular flexibility index (Phi) is 7.78. The predicted octanol–water partition coefficient (Wildman–Crippen LogP) is 3.80. The van der Waals surface area contributed by atoms with Crippen LogP contribution in [-0.2, 0) is 11.2 Å². The van der Waals surface area contributed by atoms with E-state index in [1.165, 1.54) is 12.1 Å². The van der Waals surface area contributed by atoms with Gasteiger partial charge in [-0.25, -0.2) is 4.39 Å². The van der Waals surface area contributed by atoms with Crippen LogP contribution in [0.3, 0.4) is 0 Å². The first-order chi connectivity index (χ1) is 9.58. The molecule has 0 fully saturated rings. The van der Waals surface area contributed by atoms with Crippen LogP contribution in [0.1, 0.15) is 39.7 Å². The van der Waals surface area contributed by atoms with Crippen LogP contribution in [0.2, 0.25) is 0 Å². The number of rotatable bonds is 9. The lowest BCUT2D eigenvalue weighted by molar-refractivity contribution is 0.00362. The van der Waals surface area contributed by atoms with Gasteiger partial charge in [-0.1, -0.05) is 32.9 Å². The predicted molar refractivity (Wildman–Crippen MR) is 82.4 cm³/mol. The number of halogens is 1. The SMILES string of the molecule is CCCNC(Cc1ccc(F)cc1)C(OCC)C(C)C. The van der Waals surface area contributed by atoms with Crippen LogP contribution in [-0.4, -0.2) is 25.3 Å². The molecule has 2 nitrogen and oxygen atoms in total. The monoisotopic (exact) mass is 281 g/mol. The van der Waals surface area contributed by atoms with E-state index in [1.807, 2.05) is 19.1 Å². The second-order valence-electron chi connectivity index (χ2n) is 5.56. The minimum absolute atomic E-state index is 0.177. The first kappa shape index (κ1) is 17.1. The molecule has 1 aromatic carbocycles. The quantitative estimate of drug-likeness (QED) is 0.743. The van der Waals surface area contributed by atoms with Crippen molar-refractivity contribution in [1.82, 2.24) is 5.32 Å². The summed E-state index contributed by atoms with van der Waals surface area (Å²) in [5.41, 5.74) is 1.14. The van der Waals surface area contributed by atoms with E-state index in [1.54, 1.807) is 0 Å². The Morgan fingerprint density at radius 2 is 1.80 bits per heavy atom. The molecule has 1 rings (SSSR count). The van der Waals surface area contributed by atoms with Gasteiger partial charge < -0.3 is 10.1 Å². The smallest absolute Gasteiger partial charge is 0.123 e. The van der Waals surface area contributed by atoms with Crippen LogP contribution in [0, 0.1) is 11.7 Å². The second-order valence-corrected chi connectivity index (χ2v) is 5.56. The second kappa shape index (κ2) is 9.09. The number of hydrogen-bond donors (Lipinski definition) is 1. The fourth-order valence-corrected chi connectivity index (χ4v) is 2.47. The number of hydrogen-bond acceptors (Lipinski definition) is 2. The highest BCUT2D eigenvalue weighted by Crippen LogP contribution is 2.16. The molecule has 20 heavy (non-hydrogen) atoms. The molecular weight excluding hydrogens is 253 g/mol. The van der Waals surface area contributed by atoms with Crippen molar-refractivity contribution in [3.63, 3.8) is 0 Å². The van der Waals surface area contributed by atoms with Crippen molar-refractivity contribution in [2.45, 2.75) is 52.7 Å². The van der Waals surface area contributed by atoms with Crippen LogP contribution < -0.4 is 5.32 Å². The number of benzene rings is 1. The summed E-state index contributed by atoms with van der Waals surface area (Å²) in [6, 6.07) is 7.04. The van der Waals surface area contributed by atoms with Crippen molar-refractivity contribution in [2.24, 2.45) is 5.92 Å². The van der Waals surface area contributed by atoms with E-state index < -0.39 is 0 Å². The number of ether oxygens (including phenoxy) is 1. The third kappa shape index (κ3) is 5.59. The van der Waals surface area contributed by atoms with Gasteiger partial charge in [-0.05, 0) is 49.9 Å². The molecule has 1 aromatic rings.